The molecular formula is C27H26N4O3. The van der Waals surface area contributed by atoms with Gasteiger partial charge in [0.2, 0.25) is 11.9 Å². The Morgan fingerprint density at radius 2 is 1.76 bits per heavy atom. The quantitative estimate of drug-likeness (QED) is 0.446. The number of aromatic nitrogens is 2. The Hall–Kier alpha value is -4.13. The van der Waals surface area contributed by atoms with Crippen LogP contribution in [-0.4, -0.2) is 35.0 Å². The van der Waals surface area contributed by atoms with Gasteiger partial charge in [0.25, 0.3) is 5.91 Å². The van der Waals surface area contributed by atoms with Gasteiger partial charge in [-0.2, -0.15) is 0 Å². The second kappa shape index (κ2) is 9.02. The van der Waals surface area contributed by atoms with E-state index in [4.69, 9.17) is 9.72 Å². The highest BCUT2D eigenvalue weighted by molar-refractivity contribution is 6.05. The Bertz CT molecular complexity index is 1340. The SMILES string of the molecule is COc1ccc(CCN2C(=O)[C@H](CC(=O)Nc3ccc(C)cc3)n3c2nc2ccccc23)cc1. The average molecular weight is 455 g/mol. The minimum Gasteiger partial charge on any atom is -0.497 e. The van der Waals surface area contributed by atoms with Crippen LogP contribution in [0.5, 0.6) is 5.75 Å². The van der Waals surface area contributed by atoms with Crippen molar-refractivity contribution < 1.29 is 14.3 Å². The first kappa shape index (κ1) is 21.7. The monoisotopic (exact) mass is 454 g/mol. The Kier molecular flexibility index (Phi) is 5.76. The molecule has 7 heteroatoms. The van der Waals surface area contributed by atoms with Gasteiger partial charge in [-0.15, -0.1) is 0 Å². The minimum atomic E-state index is -0.635. The van der Waals surface area contributed by atoms with Gasteiger partial charge in [-0.1, -0.05) is 42.0 Å². The van der Waals surface area contributed by atoms with E-state index >= 15 is 0 Å². The summed E-state index contributed by atoms with van der Waals surface area (Å²) < 4.78 is 7.13. The summed E-state index contributed by atoms with van der Waals surface area (Å²) in [5, 5.41) is 2.92. The van der Waals surface area contributed by atoms with Gasteiger partial charge in [-0.05, 0) is 55.3 Å². The Morgan fingerprint density at radius 1 is 1.03 bits per heavy atom. The van der Waals surface area contributed by atoms with Crippen LogP contribution in [0.2, 0.25) is 0 Å². The van der Waals surface area contributed by atoms with E-state index in [-0.39, 0.29) is 18.2 Å². The van der Waals surface area contributed by atoms with Crippen LogP contribution >= 0.6 is 0 Å². The van der Waals surface area contributed by atoms with Crippen molar-refractivity contribution in [2.75, 3.05) is 23.9 Å². The standard InChI is InChI=1S/C27H26N4O3/c1-18-7-11-20(12-8-18)28-25(32)17-24-26(33)30(16-15-19-9-13-21(34-2)14-10-19)27-29-22-5-3-4-6-23(22)31(24)27/h3-14,24H,15-17H2,1-2H3,(H,28,32)/t24-/m0/s1. The van der Waals surface area contributed by atoms with Crippen LogP contribution in [-0.2, 0) is 16.0 Å². The molecule has 2 heterocycles. The second-order valence-corrected chi connectivity index (χ2v) is 8.49. The van der Waals surface area contributed by atoms with E-state index in [1.807, 2.05) is 84.3 Å². The van der Waals surface area contributed by atoms with Crippen molar-refractivity contribution in [3.63, 3.8) is 0 Å². The molecule has 1 N–H and O–H groups in total. The number of hydrogen-bond donors (Lipinski definition) is 1. The normalized spacial score (nSPS) is 14.9. The second-order valence-electron chi connectivity index (χ2n) is 8.49. The first-order valence-corrected chi connectivity index (χ1v) is 11.3. The van der Waals surface area contributed by atoms with Crippen molar-refractivity contribution in [1.82, 2.24) is 9.55 Å². The summed E-state index contributed by atoms with van der Waals surface area (Å²) in [5.74, 6) is 1.07. The molecule has 0 unspecified atom stereocenters. The number of ether oxygens (including phenoxy) is 1. The molecule has 4 aromatic rings. The zero-order valence-electron chi connectivity index (χ0n) is 19.2. The molecule has 0 fully saturated rings. The van der Waals surface area contributed by atoms with Crippen molar-refractivity contribution in [3.05, 3.63) is 83.9 Å². The van der Waals surface area contributed by atoms with Crippen LogP contribution in [0.1, 0.15) is 23.6 Å². The number of rotatable bonds is 7. The molecule has 0 radical (unpaired) electrons. The number of fused-ring (bicyclic) bond motifs is 3. The van der Waals surface area contributed by atoms with Gasteiger partial charge in [0, 0.05) is 12.2 Å². The van der Waals surface area contributed by atoms with E-state index in [1.54, 1.807) is 12.0 Å². The summed E-state index contributed by atoms with van der Waals surface area (Å²) in [5.41, 5.74) is 4.59. The third-order valence-corrected chi connectivity index (χ3v) is 6.18. The van der Waals surface area contributed by atoms with Crippen LogP contribution in [0.4, 0.5) is 11.6 Å². The summed E-state index contributed by atoms with van der Waals surface area (Å²) in [7, 11) is 1.64. The lowest BCUT2D eigenvalue weighted by Gasteiger charge is -2.16. The number of carbonyl (C=O) groups excluding carboxylic acids is 2. The molecule has 0 spiro atoms. The molecule has 0 saturated carbocycles. The lowest BCUT2D eigenvalue weighted by Crippen LogP contribution is -2.33. The molecule has 2 amide bonds. The minimum absolute atomic E-state index is 0.0408. The molecule has 1 atom stereocenters. The smallest absolute Gasteiger partial charge is 0.253 e. The number of amides is 2. The number of aryl methyl sites for hydroxylation is 1. The number of anilines is 2. The van der Waals surface area contributed by atoms with Gasteiger partial charge in [0.15, 0.2) is 0 Å². The van der Waals surface area contributed by atoms with Gasteiger partial charge in [-0.25, -0.2) is 4.98 Å². The fourth-order valence-corrected chi connectivity index (χ4v) is 4.36. The summed E-state index contributed by atoms with van der Waals surface area (Å²) >= 11 is 0. The Labute approximate surface area is 198 Å². The van der Waals surface area contributed by atoms with E-state index in [2.05, 4.69) is 5.32 Å². The summed E-state index contributed by atoms with van der Waals surface area (Å²) in [6.45, 7) is 2.47. The van der Waals surface area contributed by atoms with E-state index in [0.717, 1.165) is 27.9 Å². The van der Waals surface area contributed by atoms with Crippen molar-refractivity contribution >= 4 is 34.5 Å². The van der Waals surface area contributed by atoms with Crippen molar-refractivity contribution in [2.45, 2.75) is 25.8 Å². The number of carbonyl (C=O) groups is 2. The van der Waals surface area contributed by atoms with Crippen molar-refractivity contribution in [3.8, 4) is 5.75 Å². The molecule has 172 valence electrons. The molecule has 1 aliphatic heterocycles. The van der Waals surface area contributed by atoms with Crippen LogP contribution in [0.15, 0.2) is 72.8 Å². The van der Waals surface area contributed by atoms with Gasteiger partial charge >= 0.3 is 0 Å². The lowest BCUT2D eigenvalue weighted by molar-refractivity contribution is -0.124. The summed E-state index contributed by atoms with van der Waals surface area (Å²) in [6, 6.07) is 22.5. The topological polar surface area (TPSA) is 76.5 Å². The Morgan fingerprint density at radius 3 is 2.50 bits per heavy atom. The number of imidazole rings is 1. The fourth-order valence-electron chi connectivity index (χ4n) is 4.36. The van der Waals surface area contributed by atoms with Crippen LogP contribution in [0, 0.1) is 6.92 Å². The van der Waals surface area contributed by atoms with Gasteiger partial charge < -0.3 is 10.1 Å². The molecule has 7 nitrogen and oxygen atoms in total. The lowest BCUT2D eigenvalue weighted by atomic mass is 10.1. The molecule has 5 rings (SSSR count). The molecular weight excluding hydrogens is 428 g/mol. The maximum Gasteiger partial charge on any atom is 0.253 e. The predicted octanol–water partition coefficient (Wildman–Crippen LogP) is 4.51. The first-order valence-electron chi connectivity index (χ1n) is 11.3. The van der Waals surface area contributed by atoms with Crippen LogP contribution in [0.3, 0.4) is 0 Å². The van der Waals surface area contributed by atoms with Gasteiger partial charge in [0.05, 0.1) is 24.6 Å². The average Bonchev–Trinajstić information content (AvgIpc) is 3.34. The summed E-state index contributed by atoms with van der Waals surface area (Å²) in [4.78, 5) is 32.8. The number of nitrogens with one attached hydrogen (secondary N) is 1. The third kappa shape index (κ3) is 4.12. The largest absolute Gasteiger partial charge is 0.497 e. The molecule has 0 bridgehead atoms. The highest BCUT2D eigenvalue weighted by Crippen LogP contribution is 2.36. The van der Waals surface area contributed by atoms with E-state index < -0.39 is 6.04 Å². The first-order chi connectivity index (χ1) is 16.5. The molecule has 0 aliphatic carbocycles. The van der Waals surface area contributed by atoms with Crippen molar-refractivity contribution in [1.29, 1.82) is 0 Å². The molecule has 1 aliphatic rings. The number of para-hydroxylation sites is 2. The predicted molar refractivity (Wildman–Crippen MR) is 132 cm³/mol. The van der Waals surface area contributed by atoms with Gasteiger partial charge in [0.1, 0.15) is 11.8 Å². The number of benzene rings is 3. The van der Waals surface area contributed by atoms with Crippen molar-refractivity contribution in [2.24, 2.45) is 0 Å². The third-order valence-electron chi connectivity index (χ3n) is 6.18. The Balaban J connectivity index is 1.39. The highest BCUT2D eigenvalue weighted by Gasteiger charge is 2.40. The fraction of sp³-hybridized carbons (Fsp3) is 0.222. The van der Waals surface area contributed by atoms with E-state index in [1.165, 1.54) is 0 Å². The molecule has 3 aromatic carbocycles. The zero-order chi connectivity index (χ0) is 23.7. The van der Waals surface area contributed by atoms with E-state index in [0.29, 0.717) is 24.6 Å². The highest BCUT2D eigenvalue weighted by atomic mass is 16.5. The molecule has 0 saturated heterocycles. The van der Waals surface area contributed by atoms with Crippen LogP contribution in [0.25, 0.3) is 11.0 Å². The molecule has 34 heavy (non-hydrogen) atoms. The number of hydrogen-bond acceptors (Lipinski definition) is 4. The maximum absolute atomic E-state index is 13.5. The zero-order valence-corrected chi connectivity index (χ0v) is 19.2. The number of nitrogens with zero attached hydrogens (tertiary/aromatic N) is 3. The number of methoxy groups -OCH3 is 1. The van der Waals surface area contributed by atoms with Gasteiger partial charge in [-0.3, -0.25) is 19.1 Å². The van der Waals surface area contributed by atoms with E-state index in [9.17, 15) is 9.59 Å². The van der Waals surface area contributed by atoms with Crippen LogP contribution < -0.4 is 15.0 Å². The summed E-state index contributed by atoms with van der Waals surface area (Å²) in [6.07, 6.45) is 0.709. The molecule has 1 aromatic heterocycles. The maximum atomic E-state index is 13.5.